The molecule has 1 atom stereocenters. The topological polar surface area (TPSA) is 66.9 Å². The number of thioether (sulfide) groups is 1. The minimum atomic E-state index is 0.0306. The first kappa shape index (κ1) is 19.5. The smallest absolute Gasteiger partial charge is 0.230 e. The second-order valence-corrected chi connectivity index (χ2v) is 7.57. The van der Waals surface area contributed by atoms with Crippen molar-refractivity contribution in [2.75, 3.05) is 17.6 Å². The number of carbonyl (C=O) groups excluding carboxylic acids is 1. The first-order chi connectivity index (χ1) is 12.0. The third kappa shape index (κ3) is 6.20. The molecule has 1 unspecified atom stereocenters. The number of hydrogen-bond donors (Lipinski definition) is 2. The van der Waals surface area contributed by atoms with Gasteiger partial charge in [0.2, 0.25) is 5.91 Å². The predicted octanol–water partition coefficient (Wildman–Crippen LogP) is 4.09. The summed E-state index contributed by atoms with van der Waals surface area (Å²) >= 11 is 1.38. The largest absolute Gasteiger partial charge is 0.370 e. The summed E-state index contributed by atoms with van der Waals surface area (Å²) in [6, 6.07) is 8.11. The van der Waals surface area contributed by atoms with Crippen molar-refractivity contribution in [2.45, 2.75) is 51.7 Å². The average Bonchev–Trinajstić information content (AvgIpc) is 2.58. The average molecular weight is 361 g/mol. The van der Waals surface area contributed by atoms with Crippen molar-refractivity contribution < 1.29 is 4.79 Å². The summed E-state index contributed by atoms with van der Waals surface area (Å²) < 4.78 is 0. The first-order valence-corrected chi connectivity index (χ1v) is 9.91. The highest BCUT2D eigenvalue weighted by atomic mass is 32.2. The van der Waals surface area contributed by atoms with Crippen molar-refractivity contribution in [3.63, 3.8) is 0 Å². The minimum Gasteiger partial charge on any atom is -0.370 e. The van der Waals surface area contributed by atoms with Gasteiger partial charge >= 0.3 is 0 Å². The van der Waals surface area contributed by atoms with Crippen molar-refractivity contribution in [1.82, 2.24) is 15.3 Å². The molecular weight excluding hydrogens is 332 g/mol. The lowest BCUT2D eigenvalue weighted by Gasteiger charge is -2.15. The van der Waals surface area contributed by atoms with Gasteiger partial charge in [-0.25, -0.2) is 9.97 Å². The zero-order valence-corrected chi connectivity index (χ0v) is 16.3. The van der Waals surface area contributed by atoms with Crippen LogP contribution in [0.2, 0.25) is 0 Å². The molecule has 0 saturated carbocycles. The zero-order valence-electron chi connectivity index (χ0n) is 15.5. The van der Waals surface area contributed by atoms with Crippen molar-refractivity contribution in [3.8, 4) is 0 Å². The molecule has 1 amide bonds. The maximum Gasteiger partial charge on any atom is 0.230 e. The molecule has 0 bridgehead atoms. The molecule has 5 nitrogen and oxygen atoms in total. The molecule has 0 saturated heterocycles. The van der Waals surface area contributed by atoms with Crippen molar-refractivity contribution in [1.29, 1.82) is 0 Å². The van der Waals surface area contributed by atoms with E-state index in [1.54, 1.807) is 0 Å². The molecule has 1 heterocycles. The van der Waals surface area contributed by atoms with Crippen LogP contribution < -0.4 is 10.6 Å². The van der Waals surface area contributed by atoms with Crippen LogP contribution in [-0.4, -0.2) is 34.2 Å². The normalized spacial score (nSPS) is 12.4. The standard InChI is InChI=1S/C19H28N4OS/c1-5-20-18-15-8-6-7-9-16(15)22-19(23-18)25-12-17(24)21-14(4)11-10-13(2)3/h6-9,13-14H,5,10-12H2,1-4H3,(H,21,24)(H,20,22,23). The molecule has 2 N–H and O–H groups in total. The lowest BCUT2D eigenvalue weighted by Crippen LogP contribution is -2.34. The van der Waals surface area contributed by atoms with E-state index < -0.39 is 0 Å². The van der Waals surface area contributed by atoms with E-state index in [9.17, 15) is 4.79 Å². The van der Waals surface area contributed by atoms with E-state index in [1.165, 1.54) is 11.8 Å². The van der Waals surface area contributed by atoms with Crippen molar-refractivity contribution in [2.24, 2.45) is 5.92 Å². The van der Waals surface area contributed by atoms with Crippen LogP contribution in [0.1, 0.15) is 40.5 Å². The van der Waals surface area contributed by atoms with Crippen LogP contribution in [0, 0.1) is 5.92 Å². The van der Waals surface area contributed by atoms with Gasteiger partial charge in [0.1, 0.15) is 5.82 Å². The van der Waals surface area contributed by atoms with Gasteiger partial charge in [-0.05, 0) is 44.7 Å². The van der Waals surface area contributed by atoms with Gasteiger partial charge in [-0.3, -0.25) is 4.79 Å². The van der Waals surface area contributed by atoms with Gasteiger partial charge in [0.15, 0.2) is 5.16 Å². The fourth-order valence-electron chi connectivity index (χ4n) is 2.52. The summed E-state index contributed by atoms with van der Waals surface area (Å²) in [5, 5.41) is 7.95. The third-order valence-corrected chi connectivity index (χ3v) is 4.69. The van der Waals surface area contributed by atoms with Crippen LogP contribution >= 0.6 is 11.8 Å². The highest BCUT2D eigenvalue weighted by Gasteiger charge is 2.12. The molecule has 1 aromatic carbocycles. The molecule has 0 fully saturated rings. The quantitative estimate of drug-likeness (QED) is 0.521. The van der Waals surface area contributed by atoms with Gasteiger partial charge in [-0.1, -0.05) is 37.7 Å². The van der Waals surface area contributed by atoms with Crippen LogP contribution in [0.5, 0.6) is 0 Å². The fourth-order valence-corrected chi connectivity index (χ4v) is 3.19. The lowest BCUT2D eigenvalue weighted by atomic mass is 10.0. The van der Waals surface area contributed by atoms with Gasteiger partial charge in [0.05, 0.1) is 11.3 Å². The second-order valence-electron chi connectivity index (χ2n) is 6.63. The number of rotatable bonds is 9. The molecule has 0 spiro atoms. The summed E-state index contributed by atoms with van der Waals surface area (Å²) in [5.74, 6) is 1.84. The maximum atomic E-state index is 12.1. The SMILES string of the molecule is CCNc1nc(SCC(=O)NC(C)CCC(C)C)nc2ccccc12. The molecule has 136 valence electrons. The fraction of sp³-hybridized carbons (Fsp3) is 0.526. The molecule has 1 aromatic heterocycles. The van der Waals surface area contributed by atoms with Crippen molar-refractivity contribution >= 4 is 34.4 Å². The molecule has 25 heavy (non-hydrogen) atoms. The van der Waals surface area contributed by atoms with Gasteiger partial charge in [0, 0.05) is 18.0 Å². The van der Waals surface area contributed by atoms with Crippen LogP contribution in [0.15, 0.2) is 29.4 Å². The molecule has 2 aromatic rings. The Bertz CT molecular complexity index is 705. The Morgan fingerprint density at radius 2 is 1.92 bits per heavy atom. The molecule has 0 aliphatic rings. The summed E-state index contributed by atoms with van der Waals surface area (Å²) in [6.45, 7) is 9.28. The van der Waals surface area contributed by atoms with E-state index in [-0.39, 0.29) is 11.9 Å². The Balaban J connectivity index is 1.97. The van der Waals surface area contributed by atoms with Crippen LogP contribution in [0.3, 0.4) is 0 Å². The Morgan fingerprint density at radius 1 is 1.16 bits per heavy atom. The second kappa shape index (κ2) is 9.61. The molecule has 0 radical (unpaired) electrons. The van der Waals surface area contributed by atoms with Crippen molar-refractivity contribution in [3.05, 3.63) is 24.3 Å². The third-order valence-electron chi connectivity index (χ3n) is 3.84. The van der Waals surface area contributed by atoms with Gasteiger partial charge in [0.25, 0.3) is 0 Å². The highest BCUT2D eigenvalue weighted by molar-refractivity contribution is 7.99. The number of aromatic nitrogens is 2. The maximum absolute atomic E-state index is 12.1. The number of para-hydroxylation sites is 1. The number of benzene rings is 1. The zero-order chi connectivity index (χ0) is 18.2. The van der Waals surface area contributed by atoms with E-state index >= 15 is 0 Å². The number of anilines is 1. The molecular formula is C19H28N4OS. The van der Waals surface area contributed by atoms with Crippen LogP contribution in [0.25, 0.3) is 10.9 Å². The van der Waals surface area contributed by atoms with Gasteiger partial charge in [-0.15, -0.1) is 0 Å². The molecule has 0 aliphatic heterocycles. The number of hydrogen-bond acceptors (Lipinski definition) is 5. The van der Waals surface area contributed by atoms with Crippen LogP contribution in [-0.2, 0) is 4.79 Å². The first-order valence-electron chi connectivity index (χ1n) is 8.92. The van der Waals surface area contributed by atoms with E-state index in [0.717, 1.165) is 36.1 Å². The Kier molecular flexibility index (Phi) is 7.50. The summed E-state index contributed by atoms with van der Waals surface area (Å²) in [7, 11) is 0. The van der Waals surface area contributed by atoms with E-state index in [0.29, 0.717) is 16.8 Å². The number of fused-ring (bicyclic) bond motifs is 1. The number of amides is 1. The van der Waals surface area contributed by atoms with Gasteiger partial charge in [-0.2, -0.15) is 0 Å². The predicted molar refractivity (Wildman–Crippen MR) is 106 cm³/mol. The number of nitrogens with one attached hydrogen (secondary N) is 2. The molecule has 6 heteroatoms. The highest BCUT2D eigenvalue weighted by Crippen LogP contribution is 2.24. The Labute approximate surface area is 154 Å². The van der Waals surface area contributed by atoms with Gasteiger partial charge < -0.3 is 10.6 Å². The molecule has 2 rings (SSSR count). The number of nitrogens with zero attached hydrogens (tertiary/aromatic N) is 2. The van der Waals surface area contributed by atoms with E-state index in [2.05, 4.69) is 41.4 Å². The summed E-state index contributed by atoms with van der Waals surface area (Å²) in [4.78, 5) is 21.3. The lowest BCUT2D eigenvalue weighted by molar-refractivity contribution is -0.119. The Morgan fingerprint density at radius 3 is 2.64 bits per heavy atom. The number of carbonyl (C=O) groups is 1. The van der Waals surface area contributed by atoms with E-state index in [1.807, 2.05) is 31.2 Å². The van der Waals surface area contributed by atoms with Crippen LogP contribution in [0.4, 0.5) is 5.82 Å². The summed E-state index contributed by atoms with van der Waals surface area (Å²) in [5.41, 5.74) is 0.890. The summed E-state index contributed by atoms with van der Waals surface area (Å²) in [6.07, 6.45) is 2.12. The Hall–Kier alpha value is -1.82. The van der Waals surface area contributed by atoms with E-state index in [4.69, 9.17) is 0 Å². The minimum absolute atomic E-state index is 0.0306. The molecule has 0 aliphatic carbocycles. The monoisotopic (exact) mass is 360 g/mol.